The van der Waals surface area contributed by atoms with Crippen molar-refractivity contribution in [2.24, 2.45) is 0 Å². The first-order chi connectivity index (χ1) is 17.2. The van der Waals surface area contributed by atoms with Crippen LogP contribution in [0.4, 0.5) is 5.69 Å². The van der Waals surface area contributed by atoms with Gasteiger partial charge >= 0.3 is 0 Å². The zero-order valence-corrected chi connectivity index (χ0v) is 21.4. The van der Waals surface area contributed by atoms with Crippen LogP contribution in [0.5, 0.6) is 17.2 Å². The van der Waals surface area contributed by atoms with Crippen LogP contribution in [0.1, 0.15) is 32.6 Å². The first-order valence-electron chi connectivity index (χ1n) is 11.6. The van der Waals surface area contributed by atoms with Gasteiger partial charge in [0, 0.05) is 22.3 Å². The van der Waals surface area contributed by atoms with E-state index in [0.29, 0.717) is 28.4 Å². The number of carbonyl (C=O) groups is 1. The summed E-state index contributed by atoms with van der Waals surface area (Å²) in [5.74, 6) is 0.850. The highest BCUT2D eigenvalue weighted by atomic mass is 16.5. The summed E-state index contributed by atoms with van der Waals surface area (Å²) in [6, 6.07) is 16.9. The van der Waals surface area contributed by atoms with Crippen LogP contribution in [-0.4, -0.2) is 32.2 Å². The molecule has 0 saturated carbocycles. The predicted molar refractivity (Wildman–Crippen MR) is 142 cm³/mol. The number of aromatic amines is 1. The zero-order valence-electron chi connectivity index (χ0n) is 21.4. The predicted octanol–water partition coefficient (Wildman–Crippen LogP) is 5.33. The van der Waals surface area contributed by atoms with Gasteiger partial charge in [0.05, 0.1) is 27.9 Å². The molecule has 0 aliphatic heterocycles. The molecule has 1 N–H and O–H groups in total. The number of anilines is 1. The smallest absolute Gasteiger partial charge is 0.258 e. The van der Waals surface area contributed by atoms with Gasteiger partial charge in [-0.25, -0.2) is 0 Å². The van der Waals surface area contributed by atoms with Crippen molar-refractivity contribution in [1.29, 1.82) is 0 Å². The quantitative estimate of drug-likeness (QED) is 0.382. The van der Waals surface area contributed by atoms with Crippen LogP contribution < -0.4 is 24.7 Å². The van der Waals surface area contributed by atoms with E-state index in [1.165, 1.54) is 21.3 Å². The second-order valence-corrected chi connectivity index (χ2v) is 8.81. The molecule has 3 aromatic carbocycles. The molecule has 1 heterocycles. The van der Waals surface area contributed by atoms with Gasteiger partial charge < -0.3 is 24.1 Å². The lowest BCUT2D eigenvalue weighted by atomic mass is 10.1. The molecule has 0 radical (unpaired) electrons. The van der Waals surface area contributed by atoms with Crippen LogP contribution in [0.2, 0.25) is 0 Å². The topological polar surface area (TPSA) is 80.9 Å². The Hall–Kier alpha value is -4.26. The maximum absolute atomic E-state index is 14.0. The highest BCUT2D eigenvalue weighted by Crippen LogP contribution is 2.39. The van der Waals surface area contributed by atoms with E-state index in [0.717, 1.165) is 33.3 Å². The monoisotopic (exact) mass is 486 g/mol. The minimum absolute atomic E-state index is 0.0823. The Morgan fingerprint density at radius 2 is 1.47 bits per heavy atom. The molecule has 0 saturated heterocycles. The minimum atomic E-state index is -0.300. The van der Waals surface area contributed by atoms with Crippen molar-refractivity contribution in [3.05, 3.63) is 92.8 Å². The number of amides is 1. The van der Waals surface area contributed by atoms with E-state index in [1.54, 1.807) is 17.0 Å². The first kappa shape index (κ1) is 24.9. The van der Waals surface area contributed by atoms with Gasteiger partial charge in [0.1, 0.15) is 0 Å². The number of carbonyl (C=O) groups excluding carboxylic acids is 1. The number of ether oxygens (including phenoxy) is 3. The van der Waals surface area contributed by atoms with Crippen molar-refractivity contribution < 1.29 is 19.0 Å². The summed E-state index contributed by atoms with van der Waals surface area (Å²) in [6.45, 7) is 5.97. The number of H-pyrrole nitrogens is 1. The number of aromatic nitrogens is 1. The third kappa shape index (κ3) is 4.77. The van der Waals surface area contributed by atoms with E-state index >= 15 is 0 Å². The van der Waals surface area contributed by atoms with Crippen LogP contribution in [0.3, 0.4) is 0 Å². The standard InChI is InChI=1S/C29H30N2O5/c1-17-8-10-20-13-22(28(32)30-23(20)11-17)16-31(24-12-18(2)7-9-19(24)3)29(33)21-14-25(34-4)27(36-6)26(15-21)35-5/h7-15H,16H2,1-6H3,(H,30,32). The SMILES string of the molecule is COc1cc(C(=O)N(Cc2cc3ccc(C)cc3[nH]c2=O)c2cc(C)ccc2C)cc(OC)c1OC. The average molecular weight is 487 g/mol. The number of benzene rings is 3. The summed E-state index contributed by atoms with van der Waals surface area (Å²) in [5.41, 5.74) is 5.04. The minimum Gasteiger partial charge on any atom is -0.493 e. The van der Waals surface area contributed by atoms with Gasteiger partial charge in [-0.05, 0) is 73.2 Å². The van der Waals surface area contributed by atoms with E-state index < -0.39 is 0 Å². The number of methoxy groups -OCH3 is 3. The number of aryl methyl sites for hydroxylation is 3. The van der Waals surface area contributed by atoms with Crippen LogP contribution in [0, 0.1) is 20.8 Å². The maximum Gasteiger partial charge on any atom is 0.258 e. The lowest BCUT2D eigenvalue weighted by molar-refractivity contribution is 0.0984. The largest absolute Gasteiger partial charge is 0.493 e. The van der Waals surface area contributed by atoms with Crippen LogP contribution >= 0.6 is 0 Å². The summed E-state index contributed by atoms with van der Waals surface area (Å²) in [4.78, 5) is 31.7. The molecular weight excluding hydrogens is 456 g/mol. The molecule has 0 fully saturated rings. The molecule has 1 aromatic heterocycles. The first-order valence-corrected chi connectivity index (χ1v) is 11.6. The molecule has 36 heavy (non-hydrogen) atoms. The molecule has 0 atom stereocenters. The Bertz CT molecular complexity index is 1480. The number of pyridine rings is 1. The van der Waals surface area contributed by atoms with Crippen LogP contribution in [0.15, 0.2) is 59.4 Å². The lowest BCUT2D eigenvalue weighted by Crippen LogP contribution is -2.33. The molecule has 7 nitrogen and oxygen atoms in total. The number of fused-ring (bicyclic) bond motifs is 1. The molecule has 0 aliphatic carbocycles. The molecule has 0 bridgehead atoms. The highest BCUT2D eigenvalue weighted by molar-refractivity contribution is 6.07. The summed E-state index contributed by atoms with van der Waals surface area (Å²) in [6.07, 6.45) is 0. The second kappa shape index (κ2) is 10.2. The van der Waals surface area contributed by atoms with E-state index in [2.05, 4.69) is 4.98 Å². The third-order valence-electron chi connectivity index (χ3n) is 6.22. The van der Waals surface area contributed by atoms with E-state index in [9.17, 15) is 9.59 Å². The molecule has 7 heteroatoms. The third-order valence-corrected chi connectivity index (χ3v) is 6.22. The fourth-order valence-electron chi connectivity index (χ4n) is 4.28. The van der Waals surface area contributed by atoms with Crippen molar-refractivity contribution in [3.63, 3.8) is 0 Å². The summed E-state index contributed by atoms with van der Waals surface area (Å²) in [7, 11) is 4.52. The fourth-order valence-corrected chi connectivity index (χ4v) is 4.28. The second-order valence-electron chi connectivity index (χ2n) is 8.81. The summed E-state index contributed by atoms with van der Waals surface area (Å²) >= 11 is 0. The molecular formula is C29H30N2O5. The number of nitrogens with zero attached hydrogens (tertiary/aromatic N) is 1. The Labute approximate surface area is 210 Å². The number of hydrogen-bond acceptors (Lipinski definition) is 5. The van der Waals surface area contributed by atoms with Crippen molar-refractivity contribution >= 4 is 22.5 Å². The molecule has 0 unspecified atom stereocenters. The normalized spacial score (nSPS) is 10.8. The Kier molecular flexibility index (Phi) is 7.01. The van der Waals surface area contributed by atoms with Gasteiger partial charge in [-0.1, -0.05) is 24.3 Å². The average Bonchev–Trinajstić information content (AvgIpc) is 2.87. The molecule has 186 valence electrons. The van der Waals surface area contributed by atoms with E-state index in [1.807, 2.05) is 63.2 Å². The molecule has 4 rings (SSSR count). The van der Waals surface area contributed by atoms with Crippen molar-refractivity contribution in [2.45, 2.75) is 27.3 Å². The van der Waals surface area contributed by atoms with Gasteiger partial charge in [-0.15, -0.1) is 0 Å². The Morgan fingerprint density at radius 3 is 2.11 bits per heavy atom. The zero-order chi connectivity index (χ0) is 26.0. The number of rotatable bonds is 7. The van der Waals surface area contributed by atoms with Gasteiger partial charge in [0.25, 0.3) is 11.5 Å². The Morgan fingerprint density at radius 1 is 0.833 bits per heavy atom. The van der Waals surface area contributed by atoms with Crippen LogP contribution in [-0.2, 0) is 6.54 Å². The molecule has 4 aromatic rings. The van der Waals surface area contributed by atoms with Gasteiger partial charge in [0.15, 0.2) is 11.5 Å². The molecule has 0 aliphatic rings. The van der Waals surface area contributed by atoms with Crippen molar-refractivity contribution in [3.8, 4) is 17.2 Å². The number of hydrogen-bond donors (Lipinski definition) is 1. The summed E-state index contributed by atoms with van der Waals surface area (Å²) in [5, 5.41) is 0.899. The van der Waals surface area contributed by atoms with Gasteiger partial charge in [0.2, 0.25) is 5.75 Å². The van der Waals surface area contributed by atoms with Gasteiger partial charge in [-0.3, -0.25) is 9.59 Å². The fraction of sp³-hybridized carbons (Fsp3) is 0.241. The lowest BCUT2D eigenvalue weighted by Gasteiger charge is -2.26. The Balaban J connectivity index is 1.86. The van der Waals surface area contributed by atoms with Crippen molar-refractivity contribution in [2.75, 3.05) is 26.2 Å². The van der Waals surface area contributed by atoms with E-state index in [-0.39, 0.29) is 18.0 Å². The maximum atomic E-state index is 14.0. The molecule has 0 spiro atoms. The van der Waals surface area contributed by atoms with Crippen molar-refractivity contribution in [1.82, 2.24) is 4.98 Å². The van der Waals surface area contributed by atoms with Gasteiger partial charge in [-0.2, -0.15) is 0 Å². The van der Waals surface area contributed by atoms with Crippen LogP contribution in [0.25, 0.3) is 10.9 Å². The summed E-state index contributed by atoms with van der Waals surface area (Å²) < 4.78 is 16.3. The highest BCUT2D eigenvalue weighted by Gasteiger charge is 2.25. The van der Waals surface area contributed by atoms with E-state index in [4.69, 9.17) is 14.2 Å². The molecule has 1 amide bonds. The number of nitrogens with one attached hydrogen (secondary N) is 1.